The lowest BCUT2D eigenvalue weighted by Gasteiger charge is -2.03. The average molecular weight is 272 g/mol. The number of aryl methyl sites for hydroxylation is 1. The summed E-state index contributed by atoms with van der Waals surface area (Å²) in [6, 6.07) is 5.44. The first-order chi connectivity index (χ1) is 9.16. The summed E-state index contributed by atoms with van der Waals surface area (Å²) in [5.41, 5.74) is 1.54. The summed E-state index contributed by atoms with van der Waals surface area (Å²) in [5, 5.41) is 10.3. The summed E-state index contributed by atoms with van der Waals surface area (Å²) < 4.78 is 2.84. The Hall–Kier alpha value is -2.14. The van der Waals surface area contributed by atoms with Gasteiger partial charge < -0.3 is 9.67 Å². The molecule has 3 aromatic rings. The van der Waals surface area contributed by atoms with Crippen LogP contribution in [-0.4, -0.2) is 20.6 Å². The molecule has 5 heteroatoms. The lowest BCUT2D eigenvalue weighted by molar-refractivity contribution is 0.0699. The van der Waals surface area contributed by atoms with Gasteiger partial charge in [-0.3, -0.25) is 0 Å². The standard InChI is InChI=1S/C14H12N2O2S/c1-9-12(7-16-6-5-15-8-16)10-3-2-4-11(14(17)18)13(10)19-9/h2-6,8H,7H2,1H3,(H,17,18). The van der Waals surface area contributed by atoms with Gasteiger partial charge in [0.2, 0.25) is 0 Å². The Morgan fingerprint density at radius 1 is 1.47 bits per heavy atom. The van der Waals surface area contributed by atoms with Crippen molar-refractivity contribution in [2.45, 2.75) is 13.5 Å². The number of hydrogen-bond donors (Lipinski definition) is 1. The number of aromatic carboxylic acids is 1. The second-order valence-electron chi connectivity index (χ2n) is 4.36. The number of carboxylic acid groups (broad SMARTS) is 1. The summed E-state index contributed by atoms with van der Waals surface area (Å²) in [6.45, 7) is 2.75. The maximum absolute atomic E-state index is 11.2. The number of thiophene rings is 1. The van der Waals surface area contributed by atoms with E-state index in [0.717, 1.165) is 21.5 Å². The smallest absolute Gasteiger partial charge is 0.337 e. The summed E-state index contributed by atoms with van der Waals surface area (Å²) in [5.74, 6) is -0.874. The van der Waals surface area contributed by atoms with Gasteiger partial charge in [-0.2, -0.15) is 0 Å². The van der Waals surface area contributed by atoms with Gasteiger partial charge in [-0.05, 0) is 23.9 Å². The Kier molecular flexibility index (Phi) is 2.83. The van der Waals surface area contributed by atoms with Gasteiger partial charge in [-0.15, -0.1) is 11.3 Å². The molecule has 0 aliphatic carbocycles. The quantitative estimate of drug-likeness (QED) is 0.796. The number of hydrogen-bond acceptors (Lipinski definition) is 3. The summed E-state index contributed by atoms with van der Waals surface area (Å²) in [7, 11) is 0. The van der Waals surface area contributed by atoms with Crippen molar-refractivity contribution in [3.05, 3.63) is 52.9 Å². The third-order valence-corrected chi connectivity index (χ3v) is 4.35. The van der Waals surface area contributed by atoms with Gasteiger partial charge in [0.25, 0.3) is 0 Å². The molecule has 0 saturated heterocycles. The van der Waals surface area contributed by atoms with Crippen LogP contribution >= 0.6 is 11.3 Å². The van der Waals surface area contributed by atoms with E-state index in [4.69, 9.17) is 0 Å². The fourth-order valence-corrected chi connectivity index (χ4v) is 3.39. The second kappa shape index (κ2) is 4.51. The van der Waals surface area contributed by atoms with Gasteiger partial charge >= 0.3 is 5.97 Å². The van der Waals surface area contributed by atoms with E-state index in [1.807, 2.05) is 23.8 Å². The van der Waals surface area contributed by atoms with E-state index < -0.39 is 5.97 Å². The number of rotatable bonds is 3. The minimum atomic E-state index is -0.874. The molecule has 0 spiro atoms. The largest absolute Gasteiger partial charge is 0.478 e. The third kappa shape index (κ3) is 2.02. The highest BCUT2D eigenvalue weighted by Crippen LogP contribution is 2.33. The predicted molar refractivity (Wildman–Crippen MR) is 74.9 cm³/mol. The lowest BCUT2D eigenvalue weighted by atomic mass is 10.1. The highest BCUT2D eigenvalue weighted by atomic mass is 32.1. The van der Waals surface area contributed by atoms with Crippen LogP contribution in [0.5, 0.6) is 0 Å². The maximum atomic E-state index is 11.2. The SMILES string of the molecule is Cc1sc2c(C(=O)O)cccc2c1Cn1ccnc1. The van der Waals surface area contributed by atoms with Crippen molar-refractivity contribution >= 4 is 27.4 Å². The monoisotopic (exact) mass is 272 g/mol. The van der Waals surface area contributed by atoms with Crippen molar-refractivity contribution in [2.24, 2.45) is 0 Å². The molecule has 3 rings (SSSR count). The van der Waals surface area contributed by atoms with Gasteiger partial charge in [-0.25, -0.2) is 9.78 Å². The lowest BCUT2D eigenvalue weighted by Crippen LogP contribution is -1.98. The molecule has 19 heavy (non-hydrogen) atoms. The van der Waals surface area contributed by atoms with E-state index in [2.05, 4.69) is 4.98 Å². The number of aromatic nitrogens is 2. The number of imidazole rings is 1. The van der Waals surface area contributed by atoms with Crippen LogP contribution in [0.25, 0.3) is 10.1 Å². The molecule has 0 bridgehead atoms. The number of nitrogens with zero attached hydrogens (tertiary/aromatic N) is 2. The zero-order chi connectivity index (χ0) is 13.4. The van der Waals surface area contributed by atoms with Gasteiger partial charge in [0.1, 0.15) is 0 Å². The molecule has 0 radical (unpaired) electrons. The van der Waals surface area contributed by atoms with Crippen LogP contribution in [0, 0.1) is 6.92 Å². The van der Waals surface area contributed by atoms with Crippen molar-refractivity contribution in [1.29, 1.82) is 0 Å². The topological polar surface area (TPSA) is 55.1 Å². The highest BCUT2D eigenvalue weighted by molar-refractivity contribution is 7.19. The Morgan fingerprint density at radius 2 is 2.32 bits per heavy atom. The van der Waals surface area contributed by atoms with Gasteiger partial charge in [0.05, 0.1) is 18.4 Å². The minimum absolute atomic E-state index is 0.377. The third-order valence-electron chi connectivity index (χ3n) is 3.15. The van der Waals surface area contributed by atoms with E-state index >= 15 is 0 Å². The number of carboxylic acids is 1. The first-order valence-corrected chi connectivity index (χ1v) is 6.68. The minimum Gasteiger partial charge on any atom is -0.478 e. The van der Waals surface area contributed by atoms with Crippen molar-refractivity contribution in [1.82, 2.24) is 9.55 Å². The maximum Gasteiger partial charge on any atom is 0.337 e. The summed E-state index contributed by atoms with van der Waals surface area (Å²) >= 11 is 1.54. The molecule has 1 N–H and O–H groups in total. The second-order valence-corrected chi connectivity index (χ2v) is 5.58. The number of fused-ring (bicyclic) bond motifs is 1. The molecule has 0 aliphatic heterocycles. The number of carbonyl (C=O) groups is 1. The van der Waals surface area contributed by atoms with Crippen LogP contribution in [0.1, 0.15) is 20.8 Å². The first-order valence-electron chi connectivity index (χ1n) is 5.87. The van der Waals surface area contributed by atoms with E-state index in [1.54, 1.807) is 36.0 Å². The fraction of sp³-hybridized carbons (Fsp3) is 0.143. The molecular formula is C14H12N2O2S. The van der Waals surface area contributed by atoms with E-state index in [-0.39, 0.29) is 0 Å². The molecule has 0 amide bonds. The Morgan fingerprint density at radius 3 is 3.00 bits per heavy atom. The molecule has 1 aromatic carbocycles. The highest BCUT2D eigenvalue weighted by Gasteiger charge is 2.15. The zero-order valence-electron chi connectivity index (χ0n) is 10.3. The molecule has 0 aliphatic rings. The number of benzene rings is 1. The van der Waals surface area contributed by atoms with Crippen LogP contribution in [-0.2, 0) is 6.54 Å². The van der Waals surface area contributed by atoms with Gasteiger partial charge in [0.15, 0.2) is 0 Å². The predicted octanol–water partition coefficient (Wildman–Crippen LogP) is 3.15. The Bertz CT molecular complexity index is 744. The van der Waals surface area contributed by atoms with Gasteiger partial charge in [0, 0.05) is 22.0 Å². The Balaban J connectivity index is 2.17. The molecular weight excluding hydrogens is 260 g/mol. The van der Waals surface area contributed by atoms with Crippen LogP contribution in [0.4, 0.5) is 0 Å². The van der Waals surface area contributed by atoms with E-state index in [0.29, 0.717) is 5.56 Å². The summed E-state index contributed by atoms with van der Waals surface area (Å²) in [4.78, 5) is 16.4. The van der Waals surface area contributed by atoms with Crippen molar-refractivity contribution < 1.29 is 9.90 Å². The van der Waals surface area contributed by atoms with E-state index in [1.165, 1.54) is 5.56 Å². The summed E-state index contributed by atoms with van der Waals surface area (Å²) in [6.07, 6.45) is 5.42. The molecule has 2 aromatic heterocycles. The Labute approximate surface area is 113 Å². The molecule has 0 atom stereocenters. The molecule has 96 valence electrons. The molecule has 2 heterocycles. The molecule has 4 nitrogen and oxygen atoms in total. The average Bonchev–Trinajstić information content (AvgIpc) is 2.98. The van der Waals surface area contributed by atoms with Crippen LogP contribution in [0.2, 0.25) is 0 Å². The van der Waals surface area contributed by atoms with Gasteiger partial charge in [-0.1, -0.05) is 12.1 Å². The van der Waals surface area contributed by atoms with Crippen LogP contribution in [0.15, 0.2) is 36.9 Å². The van der Waals surface area contributed by atoms with Crippen molar-refractivity contribution in [3.8, 4) is 0 Å². The fourth-order valence-electron chi connectivity index (χ4n) is 2.22. The van der Waals surface area contributed by atoms with Crippen molar-refractivity contribution in [3.63, 3.8) is 0 Å². The normalized spacial score (nSPS) is 11.0. The first kappa shape index (κ1) is 11.9. The molecule has 0 unspecified atom stereocenters. The van der Waals surface area contributed by atoms with E-state index in [9.17, 15) is 9.90 Å². The van der Waals surface area contributed by atoms with Crippen molar-refractivity contribution in [2.75, 3.05) is 0 Å². The zero-order valence-corrected chi connectivity index (χ0v) is 11.1. The van der Waals surface area contributed by atoms with Crippen LogP contribution in [0.3, 0.4) is 0 Å². The van der Waals surface area contributed by atoms with Crippen LogP contribution < -0.4 is 0 Å². The molecule has 0 fully saturated rings. The molecule has 0 saturated carbocycles.